The van der Waals surface area contributed by atoms with E-state index < -0.39 is 30.8 Å². The number of anilines is 2. The Morgan fingerprint density at radius 1 is 1.13 bits per heavy atom. The van der Waals surface area contributed by atoms with Crippen molar-refractivity contribution in [2.45, 2.75) is 25.8 Å². The fourth-order valence-corrected chi connectivity index (χ4v) is 2.95. The summed E-state index contributed by atoms with van der Waals surface area (Å²) in [5.74, 6) is -1.71. The molecule has 1 aliphatic rings. The molecule has 0 bridgehead atoms. The highest BCUT2D eigenvalue weighted by atomic mass is 19.4. The van der Waals surface area contributed by atoms with Gasteiger partial charge in [0.15, 0.2) is 6.10 Å². The molecule has 1 aliphatic heterocycles. The average Bonchev–Trinajstić information content (AvgIpc) is 2.72. The highest BCUT2D eigenvalue weighted by Crippen LogP contribution is 2.29. The minimum absolute atomic E-state index is 0.121. The van der Waals surface area contributed by atoms with Crippen LogP contribution in [0.1, 0.15) is 22.8 Å². The third-order valence-corrected chi connectivity index (χ3v) is 4.39. The molecule has 31 heavy (non-hydrogen) atoms. The second-order valence-electron chi connectivity index (χ2n) is 6.84. The first kappa shape index (κ1) is 22.3. The second-order valence-corrected chi connectivity index (χ2v) is 6.84. The molecule has 3 rings (SSSR count). The van der Waals surface area contributed by atoms with Crippen LogP contribution in [0.25, 0.3) is 0 Å². The van der Waals surface area contributed by atoms with Crippen molar-refractivity contribution in [1.82, 2.24) is 0 Å². The Kier molecular flexibility index (Phi) is 6.59. The summed E-state index contributed by atoms with van der Waals surface area (Å²) in [6.45, 7) is -0.437. The van der Waals surface area contributed by atoms with Crippen molar-refractivity contribution in [2.75, 3.05) is 23.4 Å². The van der Waals surface area contributed by atoms with Gasteiger partial charge in [0.05, 0.1) is 23.5 Å². The lowest BCUT2D eigenvalue weighted by molar-refractivity contribution is -0.176. The molecule has 164 valence electrons. The molecule has 0 saturated heterocycles. The molecule has 2 amide bonds. The lowest BCUT2D eigenvalue weighted by Gasteiger charge is -2.30. The SMILES string of the molecule is CC(OC(=O)c1ccc(COCC(F)(F)F)cc1)C(=O)N1CC(=O)Nc2ccccc21. The number of para-hydroxylation sites is 2. The minimum Gasteiger partial charge on any atom is -0.449 e. The summed E-state index contributed by atoms with van der Waals surface area (Å²) in [6, 6.07) is 12.4. The molecule has 2 aromatic carbocycles. The Hall–Kier alpha value is -3.40. The highest BCUT2D eigenvalue weighted by molar-refractivity contribution is 6.11. The number of hydrogen-bond acceptors (Lipinski definition) is 5. The average molecular weight is 436 g/mol. The first-order chi connectivity index (χ1) is 14.6. The van der Waals surface area contributed by atoms with E-state index in [0.29, 0.717) is 16.9 Å². The standard InChI is InChI=1S/C21H19F3N2O5/c1-13(19(28)26-10-18(27)25-16-4-2-3-5-17(16)26)31-20(29)15-8-6-14(7-9-15)11-30-12-21(22,23)24/h2-9,13H,10-12H2,1H3,(H,25,27). The number of nitrogens with zero attached hydrogens (tertiary/aromatic N) is 1. The fraction of sp³-hybridized carbons (Fsp3) is 0.286. The minimum atomic E-state index is -4.41. The fourth-order valence-electron chi connectivity index (χ4n) is 2.95. The van der Waals surface area contributed by atoms with Gasteiger partial charge in [-0.15, -0.1) is 0 Å². The summed E-state index contributed by atoms with van der Waals surface area (Å²) in [4.78, 5) is 38.3. The van der Waals surface area contributed by atoms with Crippen LogP contribution in [0.3, 0.4) is 0 Å². The summed E-state index contributed by atoms with van der Waals surface area (Å²) in [5, 5.41) is 2.67. The zero-order chi connectivity index (χ0) is 22.6. The van der Waals surface area contributed by atoms with Crippen molar-refractivity contribution in [3.63, 3.8) is 0 Å². The van der Waals surface area contributed by atoms with Gasteiger partial charge in [-0.2, -0.15) is 13.2 Å². The van der Waals surface area contributed by atoms with Gasteiger partial charge in [-0.25, -0.2) is 4.79 Å². The van der Waals surface area contributed by atoms with E-state index >= 15 is 0 Å². The van der Waals surface area contributed by atoms with Gasteiger partial charge in [0.2, 0.25) is 5.91 Å². The van der Waals surface area contributed by atoms with Gasteiger partial charge in [0.1, 0.15) is 13.2 Å². The third-order valence-electron chi connectivity index (χ3n) is 4.39. The van der Waals surface area contributed by atoms with Crippen molar-refractivity contribution < 1.29 is 37.0 Å². The number of amides is 2. The Bertz CT molecular complexity index is 976. The van der Waals surface area contributed by atoms with Crippen LogP contribution in [-0.4, -0.2) is 43.2 Å². The zero-order valence-electron chi connectivity index (χ0n) is 16.4. The molecule has 1 N–H and O–H groups in total. The molecule has 1 heterocycles. The number of rotatable bonds is 6. The number of esters is 1. The summed E-state index contributed by atoms with van der Waals surface area (Å²) in [7, 11) is 0. The third kappa shape index (κ3) is 5.82. The van der Waals surface area contributed by atoms with Gasteiger partial charge in [-0.3, -0.25) is 14.5 Å². The van der Waals surface area contributed by atoms with Gasteiger partial charge in [-0.05, 0) is 36.8 Å². The molecule has 0 aliphatic carbocycles. The largest absolute Gasteiger partial charge is 0.449 e. The normalized spacial score (nSPS) is 14.5. The molecule has 2 aromatic rings. The van der Waals surface area contributed by atoms with Crippen LogP contribution < -0.4 is 10.2 Å². The van der Waals surface area contributed by atoms with E-state index in [1.807, 2.05) is 0 Å². The number of fused-ring (bicyclic) bond motifs is 1. The molecular weight excluding hydrogens is 417 g/mol. The summed E-state index contributed by atoms with van der Waals surface area (Å²) in [6.07, 6.45) is -5.58. The highest BCUT2D eigenvalue weighted by Gasteiger charge is 2.31. The molecule has 0 fully saturated rings. The maximum Gasteiger partial charge on any atom is 0.411 e. The number of benzene rings is 2. The Morgan fingerprint density at radius 2 is 1.81 bits per heavy atom. The Labute approximate surface area is 175 Å². The van der Waals surface area contributed by atoms with E-state index in [9.17, 15) is 27.6 Å². The van der Waals surface area contributed by atoms with Crippen molar-refractivity contribution >= 4 is 29.2 Å². The van der Waals surface area contributed by atoms with Crippen LogP contribution in [0.5, 0.6) is 0 Å². The van der Waals surface area contributed by atoms with Crippen LogP contribution in [0, 0.1) is 0 Å². The van der Waals surface area contributed by atoms with Crippen LogP contribution >= 0.6 is 0 Å². The molecule has 1 atom stereocenters. The van der Waals surface area contributed by atoms with Gasteiger partial charge in [-0.1, -0.05) is 24.3 Å². The molecule has 0 aromatic heterocycles. The Balaban J connectivity index is 1.60. The molecule has 0 saturated carbocycles. The van der Waals surface area contributed by atoms with E-state index in [1.54, 1.807) is 24.3 Å². The number of alkyl halides is 3. The maximum atomic E-state index is 12.8. The predicted octanol–water partition coefficient (Wildman–Crippen LogP) is 3.30. The summed E-state index contributed by atoms with van der Waals surface area (Å²) >= 11 is 0. The van der Waals surface area contributed by atoms with E-state index in [2.05, 4.69) is 10.1 Å². The summed E-state index contributed by atoms with van der Waals surface area (Å²) in [5.41, 5.74) is 1.55. The van der Waals surface area contributed by atoms with Gasteiger partial charge in [0, 0.05) is 0 Å². The van der Waals surface area contributed by atoms with Gasteiger partial charge >= 0.3 is 12.1 Å². The molecular formula is C21H19F3N2O5. The Morgan fingerprint density at radius 3 is 2.48 bits per heavy atom. The number of carbonyl (C=O) groups is 3. The van der Waals surface area contributed by atoms with E-state index in [1.165, 1.54) is 36.1 Å². The van der Waals surface area contributed by atoms with Crippen molar-refractivity contribution in [3.8, 4) is 0 Å². The van der Waals surface area contributed by atoms with Crippen LogP contribution in [0.4, 0.5) is 24.5 Å². The van der Waals surface area contributed by atoms with Crippen molar-refractivity contribution in [3.05, 3.63) is 59.7 Å². The molecule has 7 nitrogen and oxygen atoms in total. The van der Waals surface area contributed by atoms with Crippen LogP contribution in [0.2, 0.25) is 0 Å². The number of nitrogens with one attached hydrogen (secondary N) is 1. The molecule has 0 radical (unpaired) electrons. The van der Waals surface area contributed by atoms with Crippen molar-refractivity contribution in [1.29, 1.82) is 0 Å². The van der Waals surface area contributed by atoms with E-state index in [0.717, 1.165) is 0 Å². The second kappa shape index (κ2) is 9.17. The first-order valence-electron chi connectivity index (χ1n) is 9.29. The molecule has 0 spiro atoms. The topological polar surface area (TPSA) is 84.9 Å². The quantitative estimate of drug-likeness (QED) is 0.703. The number of ether oxygens (including phenoxy) is 2. The first-order valence-corrected chi connectivity index (χ1v) is 9.29. The number of hydrogen-bond donors (Lipinski definition) is 1. The van der Waals surface area contributed by atoms with E-state index in [-0.39, 0.29) is 24.6 Å². The van der Waals surface area contributed by atoms with E-state index in [4.69, 9.17) is 4.74 Å². The smallest absolute Gasteiger partial charge is 0.411 e. The predicted molar refractivity (Wildman–Crippen MR) is 104 cm³/mol. The lowest BCUT2D eigenvalue weighted by Crippen LogP contribution is -2.47. The summed E-state index contributed by atoms with van der Waals surface area (Å²) < 4.78 is 46.1. The lowest BCUT2D eigenvalue weighted by atomic mass is 10.1. The van der Waals surface area contributed by atoms with Crippen LogP contribution in [-0.2, 0) is 25.7 Å². The zero-order valence-corrected chi connectivity index (χ0v) is 16.4. The maximum absolute atomic E-state index is 12.8. The monoisotopic (exact) mass is 436 g/mol. The van der Waals surface area contributed by atoms with Gasteiger partial charge in [0.25, 0.3) is 5.91 Å². The van der Waals surface area contributed by atoms with Crippen LogP contribution in [0.15, 0.2) is 48.5 Å². The van der Waals surface area contributed by atoms with Crippen molar-refractivity contribution in [2.24, 2.45) is 0 Å². The number of carbonyl (C=O) groups excluding carboxylic acids is 3. The van der Waals surface area contributed by atoms with Gasteiger partial charge < -0.3 is 14.8 Å². The molecule has 1 unspecified atom stereocenters. The number of halogens is 3. The molecule has 10 heteroatoms.